The van der Waals surface area contributed by atoms with Crippen LogP contribution in [0, 0.1) is 0 Å². The SMILES string of the molecule is CN(C)B(B(C1c2ccccc2-c2ccccc21)N(C)C)C1c2ccccc2-c2ccccc21. The van der Waals surface area contributed by atoms with Crippen molar-refractivity contribution in [1.82, 2.24) is 9.62 Å². The third-order valence-electron chi connectivity index (χ3n) is 7.99. The molecule has 0 heterocycles. The Kier molecular flexibility index (Phi) is 5.24. The molecule has 2 nitrogen and oxygen atoms in total. The van der Waals surface area contributed by atoms with E-state index in [4.69, 9.17) is 0 Å². The number of hydrogen-bond donors (Lipinski definition) is 0. The highest BCUT2D eigenvalue weighted by Crippen LogP contribution is 2.51. The number of hydrogen-bond acceptors (Lipinski definition) is 2. The summed E-state index contributed by atoms with van der Waals surface area (Å²) in [6.45, 7) is 0.591. The Morgan fingerprint density at radius 1 is 0.412 bits per heavy atom. The molecule has 4 heteroatoms. The van der Waals surface area contributed by atoms with Crippen LogP contribution in [0.15, 0.2) is 97.1 Å². The minimum absolute atomic E-state index is 0.295. The zero-order valence-corrected chi connectivity index (χ0v) is 20.4. The zero-order chi connectivity index (χ0) is 23.4. The third-order valence-corrected chi connectivity index (χ3v) is 7.99. The van der Waals surface area contributed by atoms with Crippen LogP contribution < -0.4 is 0 Å². The lowest BCUT2D eigenvalue weighted by Crippen LogP contribution is -2.61. The summed E-state index contributed by atoms with van der Waals surface area (Å²) >= 11 is 0. The minimum atomic E-state index is 0.295. The van der Waals surface area contributed by atoms with Crippen LogP contribution in [0.1, 0.15) is 33.9 Å². The standard InChI is InChI=1S/C30H30B2N2/c1-33(2)31(29-25-17-9-5-13-21(25)22-14-6-10-18-26(22)29)32(34(3)4)30-27-19-11-7-15-23(27)24-16-8-12-20-28(24)30/h5-20,29-30H,1-4H3. The van der Waals surface area contributed by atoms with Gasteiger partial charge < -0.3 is 9.62 Å². The molecule has 0 saturated heterocycles. The van der Waals surface area contributed by atoms with Crippen molar-refractivity contribution in [1.29, 1.82) is 0 Å². The van der Waals surface area contributed by atoms with Crippen LogP contribution in [0.2, 0.25) is 0 Å². The predicted octanol–water partition coefficient (Wildman–Crippen LogP) is 5.87. The Morgan fingerprint density at radius 2 is 0.647 bits per heavy atom. The largest absolute Gasteiger partial charge is 0.351 e. The second-order valence-electron chi connectivity index (χ2n) is 10.2. The maximum atomic E-state index is 2.47. The summed E-state index contributed by atoms with van der Waals surface area (Å²) in [7, 11) is 9.05. The molecule has 2 aliphatic rings. The number of rotatable bonds is 5. The smallest absolute Gasteiger partial charge is 0.221 e. The van der Waals surface area contributed by atoms with Crippen LogP contribution in [0.4, 0.5) is 0 Å². The molecule has 6 rings (SSSR count). The summed E-state index contributed by atoms with van der Waals surface area (Å²) in [5.74, 6) is 0.629. The van der Waals surface area contributed by atoms with Gasteiger partial charge in [-0.2, -0.15) is 0 Å². The van der Waals surface area contributed by atoms with Crippen molar-refractivity contribution in [3.8, 4) is 22.3 Å². The molecule has 0 aromatic heterocycles. The van der Waals surface area contributed by atoms with Crippen molar-refractivity contribution in [2.45, 2.75) is 11.6 Å². The van der Waals surface area contributed by atoms with E-state index in [-0.39, 0.29) is 0 Å². The molecule has 0 fully saturated rings. The Labute approximate surface area is 204 Å². The molecular formula is C30H30B2N2. The average molecular weight is 440 g/mol. The Balaban J connectivity index is 1.57. The van der Waals surface area contributed by atoms with E-state index in [0.29, 0.717) is 25.1 Å². The molecule has 0 aliphatic heterocycles. The number of nitrogens with zero attached hydrogens (tertiary/aromatic N) is 2. The van der Waals surface area contributed by atoms with Gasteiger partial charge in [0.15, 0.2) is 0 Å². The van der Waals surface area contributed by atoms with Gasteiger partial charge in [0.25, 0.3) is 0 Å². The fourth-order valence-corrected chi connectivity index (χ4v) is 6.73. The summed E-state index contributed by atoms with van der Waals surface area (Å²) in [4.78, 5) is 4.94. The molecule has 4 aromatic rings. The molecule has 34 heavy (non-hydrogen) atoms. The second-order valence-corrected chi connectivity index (χ2v) is 10.2. The zero-order valence-electron chi connectivity index (χ0n) is 20.4. The molecule has 0 radical (unpaired) electrons. The molecule has 4 aromatic carbocycles. The van der Waals surface area contributed by atoms with Crippen molar-refractivity contribution >= 4 is 13.5 Å². The predicted molar refractivity (Wildman–Crippen MR) is 146 cm³/mol. The van der Waals surface area contributed by atoms with Crippen LogP contribution >= 0.6 is 0 Å². The van der Waals surface area contributed by atoms with E-state index in [1.165, 1.54) is 44.5 Å². The van der Waals surface area contributed by atoms with E-state index in [0.717, 1.165) is 0 Å². The van der Waals surface area contributed by atoms with Gasteiger partial charge in [0, 0.05) is 0 Å². The molecule has 166 valence electrons. The lowest BCUT2D eigenvalue weighted by Gasteiger charge is -2.39. The summed E-state index contributed by atoms with van der Waals surface area (Å²) in [6, 6.07) is 36.1. The van der Waals surface area contributed by atoms with E-state index < -0.39 is 0 Å². The highest BCUT2D eigenvalue weighted by atomic mass is 15.0. The van der Waals surface area contributed by atoms with Gasteiger partial charge in [0.2, 0.25) is 13.5 Å². The van der Waals surface area contributed by atoms with E-state index >= 15 is 0 Å². The van der Waals surface area contributed by atoms with E-state index in [2.05, 4.69) is 135 Å². The molecule has 2 aliphatic carbocycles. The van der Waals surface area contributed by atoms with E-state index in [9.17, 15) is 0 Å². The highest BCUT2D eigenvalue weighted by Gasteiger charge is 2.50. The Hall–Kier alpha value is -3.07. The first kappa shape index (κ1) is 21.5. The van der Waals surface area contributed by atoms with E-state index in [1.54, 1.807) is 0 Å². The molecular weight excluding hydrogens is 410 g/mol. The third kappa shape index (κ3) is 3.13. The van der Waals surface area contributed by atoms with Gasteiger partial charge in [0.05, 0.1) is 0 Å². The molecule has 0 atom stereocenters. The van der Waals surface area contributed by atoms with E-state index in [1.807, 2.05) is 0 Å². The monoisotopic (exact) mass is 440 g/mol. The summed E-state index contributed by atoms with van der Waals surface area (Å²) in [6.07, 6.45) is 0. The van der Waals surface area contributed by atoms with Crippen molar-refractivity contribution in [2.75, 3.05) is 28.2 Å². The van der Waals surface area contributed by atoms with Gasteiger partial charge in [0.1, 0.15) is 0 Å². The quantitative estimate of drug-likeness (QED) is 0.358. The van der Waals surface area contributed by atoms with Gasteiger partial charge in [-0.1, -0.05) is 97.1 Å². The highest BCUT2D eigenvalue weighted by molar-refractivity contribution is 7.21. The fourth-order valence-electron chi connectivity index (χ4n) is 6.73. The van der Waals surface area contributed by atoms with Crippen LogP contribution in [-0.2, 0) is 0 Å². The average Bonchev–Trinajstić information content (AvgIpc) is 3.35. The molecule has 0 spiro atoms. The number of benzene rings is 4. The van der Waals surface area contributed by atoms with Gasteiger partial charge in [-0.05, 0) is 84.3 Å². The number of fused-ring (bicyclic) bond motifs is 6. The van der Waals surface area contributed by atoms with Crippen molar-refractivity contribution < 1.29 is 0 Å². The van der Waals surface area contributed by atoms with Gasteiger partial charge in [-0.25, -0.2) is 0 Å². The summed E-state index contributed by atoms with van der Waals surface area (Å²) in [5, 5.41) is 0. The minimum Gasteiger partial charge on any atom is -0.351 e. The van der Waals surface area contributed by atoms with Crippen LogP contribution in [-0.4, -0.2) is 51.3 Å². The first-order chi connectivity index (χ1) is 16.6. The molecule has 0 saturated carbocycles. The normalized spacial score (nSPS) is 14.2. The Morgan fingerprint density at radius 3 is 0.882 bits per heavy atom. The first-order valence-electron chi connectivity index (χ1n) is 12.3. The first-order valence-corrected chi connectivity index (χ1v) is 12.3. The molecule has 0 bridgehead atoms. The van der Waals surface area contributed by atoms with Crippen molar-refractivity contribution in [3.63, 3.8) is 0 Å². The lowest BCUT2D eigenvalue weighted by molar-refractivity contribution is 0.605. The fraction of sp³-hybridized carbons (Fsp3) is 0.200. The lowest BCUT2D eigenvalue weighted by atomic mass is 9.10. The maximum Gasteiger partial charge on any atom is 0.221 e. The van der Waals surface area contributed by atoms with Gasteiger partial charge in [-0.15, -0.1) is 0 Å². The molecule has 0 N–H and O–H groups in total. The second kappa shape index (κ2) is 8.30. The summed E-state index contributed by atoms with van der Waals surface area (Å²) < 4.78 is 0. The Bertz CT molecular complexity index is 1170. The molecule has 0 unspecified atom stereocenters. The molecule has 0 amide bonds. The van der Waals surface area contributed by atoms with Crippen LogP contribution in [0.5, 0.6) is 0 Å². The van der Waals surface area contributed by atoms with Crippen LogP contribution in [0.3, 0.4) is 0 Å². The van der Waals surface area contributed by atoms with Crippen molar-refractivity contribution in [2.24, 2.45) is 0 Å². The van der Waals surface area contributed by atoms with Crippen molar-refractivity contribution in [3.05, 3.63) is 119 Å². The van der Waals surface area contributed by atoms with Gasteiger partial charge >= 0.3 is 0 Å². The van der Waals surface area contributed by atoms with Gasteiger partial charge in [-0.3, -0.25) is 0 Å². The topological polar surface area (TPSA) is 6.48 Å². The maximum absolute atomic E-state index is 2.47. The van der Waals surface area contributed by atoms with Crippen LogP contribution in [0.25, 0.3) is 22.3 Å². The summed E-state index contributed by atoms with van der Waals surface area (Å²) in [5.41, 5.74) is 11.4.